The fraction of sp³-hybridized carbons (Fsp3) is 0.250. The number of hydrogen-bond acceptors (Lipinski definition) is 5. The number of rotatable bonds is 5. The van der Waals surface area contributed by atoms with Crippen LogP contribution in [0.25, 0.3) is 0 Å². The Morgan fingerprint density at radius 2 is 2.04 bits per heavy atom. The lowest BCUT2D eigenvalue weighted by Crippen LogP contribution is -2.42. The standard InChI is InChI=1S/C16H19FN6O/c1-8(2)16(24)23-11-5-4-9(6-10(11)17)13(18)12-14(19)21-7-22-15(12)20-3/h4-8,18H,1-3H3,(H,23,24)(H3,19,20,21,22)/p+1. The second kappa shape index (κ2) is 7.03. The molecule has 2 aromatic rings. The predicted molar refractivity (Wildman–Crippen MR) is 91.0 cm³/mol. The largest absolute Gasteiger partial charge is 0.383 e. The van der Waals surface area contributed by atoms with E-state index in [2.05, 4.69) is 20.6 Å². The fourth-order valence-electron chi connectivity index (χ4n) is 2.06. The first kappa shape index (κ1) is 17.3. The van der Waals surface area contributed by atoms with Crippen molar-refractivity contribution >= 4 is 28.9 Å². The molecule has 1 heterocycles. The summed E-state index contributed by atoms with van der Waals surface area (Å²) in [4.78, 5) is 19.6. The first-order chi connectivity index (χ1) is 11.3. The van der Waals surface area contributed by atoms with Crippen LogP contribution in [0.1, 0.15) is 25.0 Å². The molecule has 1 aromatic carbocycles. The summed E-state index contributed by atoms with van der Waals surface area (Å²) >= 11 is 0. The van der Waals surface area contributed by atoms with Crippen LogP contribution < -0.4 is 21.8 Å². The van der Waals surface area contributed by atoms with Crippen molar-refractivity contribution in [3.05, 3.63) is 41.5 Å². The lowest BCUT2D eigenvalue weighted by molar-refractivity contribution is -0.119. The van der Waals surface area contributed by atoms with E-state index in [1.807, 2.05) is 0 Å². The molecule has 8 heteroatoms. The number of benzene rings is 1. The summed E-state index contributed by atoms with van der Waals surface area (Å²) in [6, 6.07) is 4.29. The molecule has 126 valence electrons. The molecule has 24 heavy (non-hydrogen) atoms. The Morgan fingerprint density at radius 1 is 1.33 bits per heavy atom. The van der Waals surface area contributed by atoms with Crippen LogP contribution in [0.4, 0.5) is 21.7 Å². The Balaban J connectivity index is 2.36. The zero-order valence-corrected chi connectivity index (χ0v) is 13.7. The molecule has 0 unspecified atom stereocenters. The Hall–Kier alpha value is -3.03. The van der Waals surface area contributed by atoms with E-state index in [1.165, 1.54) is 18.5 Å². The van der Waals surface area contributed by atoms with Crippen molar-refractivity contribution < 1.29 is 14.6 Å². The number of aromatic nitrogens is 2. The summed E-state index contributed by atoms with van der Waals surface area (Å²) in [5, 5.41) is 11.5. The van der Waals surface area contributed by atoms with Gasteiger partial charge in [0, 0.05) is 18.5 Å². The highest BCUT2D eigenvalue weighted by Crippen LogP contribution is 2.22. The van der Waals surface area contributed by atoms with Crippen LogP contribution in [0, 0.1) is 11.7 Å². The van der Waals surface area contributed by atoms with Crippen molar-refractivity contribution in [2.45, 2.75) is 13.8 Å². The molecule has 2 rings (SSSR count). The summed E-state index contributed by atoms with van der Waals surface area (Å²) in [6.45, 7) is 3.45. The highest BCUT2D eigenvalue weighted by molar-refractivity contribution is 6.14. The molecule has 0 radical (unpaired) electrons. The molecule has 0 aliphatic heterocycles. The van der Waals surface area contributed by atoms with E-state index >= 15 is 0 Å². The minimum atomic E-state index is -0.592. The number of carbonyl (C=O) groups excluding carboxylic acids is 1. The van der Waals surface area contributed by atoms with E-state index in [4.69, 9.17) is 11.1 Å². The average molecular weight is 331 g/mol. The molecule has 0 spiro atoms. The molecule has 0 saturated heterocycles. The monoisotopic (exact) mass is 331 g/mol. The second-order valence-electron chi connectivity index (χ2n) is 5.48. The van der Waals surface area contributed by atoms with Gasteiger partial charge in [-0.05, 0) is 18.2 Å². The second-order valence-corrected chi connectivity index (χ2v) is 5.48. The Kier molecular flexibility index (Phi) is 5.08. The van der Waals surface area contributed by atoms with E-state index in [9.17, 15) is 9.18 Å². The molecular weight excluding hydrogens is 311 g/mol. The highest BCUT2D eigenvalue weighted by atomic mass is 19.1. The minimum absolute atomic E-state index is 0.0939. The molecule has 1 aromatic heterocycles. The van der Waals surface area contributed by atoms with Crippen molar-refractivity contribution in [1.82, 2.24) is 9.97 Å². The van der Waals surface area contributed by atoms with Crippen LogP contribution in [0.5, 0.6) is 0 Å². The van der Waals surface area contributed by atoms with Gasteiger partial charge in [-0.15, -0.1) is 0 Å². The number of nitrogens with zero attached hydrogens (tertiary/aromatic N) is 2. The fourth-order valence-corrected chi connectivity index (χ4v) is 2.06. The van der Waals surface area contributed by atoms with Gasteiger partial charge in [0.25, 0.3) is 0 Å². The highest BCUT2D eigenvalue weighted by Gasteiger charge is 2.21. The molecule has 6 N–H and O–H groups in total. The molecule has 0 aliphatic carbocycles. The first-order valence-electron chi connectivity index (χ1n) is 7.37. The van der Waals surface area contributed by atoms with Gasteiger partial charge in [-0.3, -0.25) is 10.2 Å². The molecule has 1 amide bonds. The van der Waals surface area contributed by atoms with Gasteiger partial charge >= 0.3 is 0 Å². The number of amides is 1. The summed E-state index contributed by atoms with van der Waals surface area (Å²) in [5.74, 6) is -0.482. The van der Waals surface area contributed by atoms with E-state index in [0.29, 0.717) is 16.9 Å². The van der Waals surface area contributed by atoms with Gasteiger partial charge in [0.2, 0.25) is 11.6 Å². The number of hydrogen-bond donors (Lipinski definition) is 4. The van der Waals surface area contributed by atoms with Gasteiger partial charge < -0.3 is 16.4 Å². The first-order valence-corrected chi connectivity index (χ1v) is 7.37. The van der Waals surface area contributed by atoms with Gasteiger partial charge in [-0.1, -0.05) is 13.8 Å². The Labute approximate surface area is 139 Å². The van der Waals surface area contributed by atoms with Crippen LogP contribution in [0.15, 0.2) is 24.5 Å². The number of halogens is 1. The normalized spacial score (nSPS) is 10.5. The summed E-state index contributed by atoms with van der Waals surface area (Å²) in [7, 11) is 1.67. The van der Waals surface area contributed by atoms with Crippen molar-refractivity contribution in [3.8, 4) is 0 Å². The van der Waals surface area contributed by atoms with Crippen LogP contribution in [-0.2, 0) is 4.79 Å². The molecule has 0 fully saturated rings. The lowest BCUT2D eigenvalue weighted by atomic mass is 10.0. The van der Waals surface area contributed by atoms with Crippen molar-refractivity contribution in [2.75, 3.05) is 23.4 Å². The Bertz CT molecular complexity index is 790. The molecular formula is C16H20FN6O+. The average Bonchev–Trinajstić information content (AvgIpc) is 2.55. The molecule has 7 nitrogen and oxygen atoms in total. The van der Waals surface area contributed by atoms with Crippen LogP contribution in [0.2, 0.25) is 0 Å². The minimum Gasteiger partial charge on any atom is -0.383 e. The van der Waals surface area contributed by atoms with E-state index in [1.54, 1.807) is 27.0 Å². The van der Waals surface area contributed by atoms with E-state index in [-0.39, 0.29) is 29.0 Å². The smallest absolute Gasteiger partial charge is 0.227 e. The third-order valence-corrected chi connectivity index (χ3v) is 3.45. The molecule has 0 atom stereocenters. The maximum Gasteiger partial charge on any atom is 0.227 e. The summed E-state index contributed by atoms with van der Waals surface area (Å²) in [5.41, 5.74) is 7.00. The van der Waals surface area contributed by atoms with Crippen molar-refractivity contribution in [2.24, 2.45) is 5.92 Å². The third-order valence-electron chi connectivity index (χ3n) is 3.45. The molecule has 0 saturated carbocycles. The topological polar surface area (TPSA) is 119 Å². The molecule has 0 aliphatic rings. The van der Waals surface area contributed by atoms with Gasteiger partial charge in [0.05, 0.1) is 5.69 Å². The maximum atomic E-state index is 14.3. The van der Waals surface area contributed by atoms with Gasteiger partial charge in [-0.2, -0.15) is 0 Å². The summed E-state index contributed by atoms with van der Waals surface area (Å²) in [6.07, 6.45) is 1.31. The van der Waals surface area contributed by atoms with Gasteiger partial charge in [-0.25, -0.2) is 14.4 Å². The summed E-state index contributed by atoms with van der Waals surface area (Å²) < 4.78 is 14.3. The predicted octanol–water partition coefficient (Wildman–Crippen LogP) is 0.431. The number of nitrogen functional groups attached to an aromatic ring is 1. The van der Waals surface area contributed by atoms with Crippen molar-refractivity contribution in [3.63, 3.8) is 0 Å². The zero-order chi connectivity index (χ0) is 17.9. The third kappa shape index (κ3) is 3.48. The lowest BCUT2D eigenvalue weighted by Gasteiger charge is -2.11. The van der Waals surface area contributed by atoms with E-state index in [0.717, 1.165) is 0 Å². The Morgan fingerprint density at radius 3 is 2.62 bits per heavy atom. The van der Waals surface area contributed by atoms with E-state index < -0.39 is 5.82 Å². The number of nitrogens with one attached hydrogen (secondary N) is 2. The number of carbonyl (C=O) groups is 1. The van der Waals surface area contributed by atoms with Crippen LogP contribution in [0.3, 0.4) is 0 Å². The quantitative estimate of drug-likeness (QED) is 0.593. The SMILES string of the molecule is CNc1ncnc(N)c1C(=[NH2+])c1ccc(NC(=O)C(C)C)c(F)c1. The number of nitrogens with two attached hydrogens (primary N) is 2. The maximum absolute atomic E-state index is 14.3. The number of anilines is 3. The zero-order valence-electron chi connectivity index (χ0n) is 13.7. The van der Waals surface area contributed by atoms with Crippen LogP contribution >= 0.6 is 0 Å². The van der Waals surface area contributed by atoms with Gasteiger partial charge in [0.1, 0.15) is 29.3 Å². The van der Waals surface area contributed by atoms with Crippen LogP contribution in [-0.4, -0.2) is 28.6 Å². The van der Waals surface area contributed by atoms with Gasteiger partial charge in [0.15, 0.2) is 0 Å². The van der Waals surface area contributed by atoms with Crippen molar-refractivity contribution in [1.29, 1.82) is 0 Å². The molecule has 0 bridgehead atoms.